The Hall–Kier alpha value is -2.63. The predicted molar refractivity (Wildman–Crippen MR) is 117 cm³/mol. The summed E-state index contributed by atoms with van der Waals surface area (Å²) in [5.41, 5.74) is 6.05. The second-order valence-electron chi connectivity index (χ2n) is 6.95. The molecule has 0 saturated heterocycles. The monoisotopic (exact) mass is 410 g/mol. The fraction of sp³-hybridized carbons (Fsp3) is 0.292. The van der Waals surface area contributed by atoms with Crippen LogP contribution in [0.25, 0.3) is 11.1 Å². The third-order valence-corrected chi connectivity index (χ3v) is 5.82. The molecule has 0 bridgehead atoms. The number of ether oxygens (including phenoxy) is 2. The molecular weight excluding hydrogens is 384 g/mol. The van der Waals surface area contributed by atoms with E-state index in [4.69, 9.17) is 14.6 Å². The minimum atomic E-state index is -0.873. The maximum absolute atomic E-state index is 11.1. The van der Waals surface area contributed by atoms with Crippen LogP contribution in [0.3, 0.4) is 0 Å². The van der Waals surface area contributed by atoms with Crippen LogP contribution in [-0.4, -0.2) is 17.7 Å². The highest BCUT2D eigenvalue weighted by molar-refractivity contribution is 7.13. The molecule has 0 unspecified atom stereocenters. The normalized spacial score (nSPS) is 12.0. The molecule has 0 spiro atoms. The van der Waals surface area contributed by atoms with Crippen molar-refractivity contribution < 1.29 is 19.4 Å². The molecule has 152 valence electrons. The maximum atomic E-state index is 11.1. The van der Waals surface area contributed by atoms with Gasteiger partial charge in [0.1, 0.15) is 12.7 Å². The minimum Gasteiger partial charge on any atom is -0.481 e. The lowest BCUT2D eigenvalue weighted by atomic mass is 9.95. The second-order valence-corrected chi connectivity index (χ2v) is 8.03. The van der Waals surface area contributed by atoms with Gasteiger partial charge in [-0.1, -0.05) is 36.4 Å². The number of aryl methyl sites for hydroxylation is 2. The topological polar surface area (TPSA) is 55.8 Å². The van der Waals surface area contributed by atoms with Crippen molar-refractivity contribution in [3.63, 3.8) is 0 Å². The summed E-state index contributed by atoms with van der Waals surface area (Å²) in [6.07, 6.45) is -0.488. The summed E-state index contributed by atoms with van der Waals surface area (Å²) in [4.78, 5) is 11.9. The summed E-state index contributed by atoms with van der Waals surface area (Å²) in [5, 5.41) is 9.84. The Kier molecular flexibility index (Phi) is 7.07. The van der Waals surface area contributed by atoms with Gasteiger partial charge in [-0.15, -0.1) is 11.3 Å². The molecule has 5 heteroatoms. The zero-order valence-electron chi connectivity index (χ0n) is 17.0. The van der Waals surface area contributed by atoms with Crippen LogP contribution in [0.1, 0.15) is 41.0 Å². The van der Waals surface area contributed by atoms with Gasteiger partial charge < -0.3 is 14.6 Å². The number of carboxylic acids is 1. The molecule has 4 nitrogen and oxygen atoms in total. The van der Waals surface area contributed by atoms with Crippen molar-refractivity contribution in [3.8, 4) is 16.2 Å². The van der Waals surface area contributed by atoms with Crippen molar-refractivity contribution in [3.05, 3.63) is 76.2 Å². The minimum absolute atomic E-state index is 0.0500. The highest BCUT2D eigenvalue weighted by Crippen LogP contribution is 2.34. The number of thiophene rings is 1. The Bertz CT molecular complexity index is 956. The summed E-state index contributed by atoms with van der Waals surface area (Å²) in [5.74, 6) is -0.873. The fourth-order valence-electron chi connectivity index (χ4n) is 3.43. The smallest absolute Gasteiger partial charge is 0.306 e. The lowest BCUT2D eigenvalue weighted by Gasteiger charge is -2.13. The van der Waals surface area contributed by atoms with E-state index in [0.29, 0.717) is 13.2 Å². The Morgan fingerprint density at radius 2 is 1.79 bits per heavy atom. The van der Waals surface area contributed by atoms with E-state index in [-0.39, 0.29) is 6.42 Å². The summed E-state index contributed by atoms with van der Waals surface area (Å²) >= 11 is 1.44. The predicted octanol–water partition coefficient (Wildman–Crippen LogP) is 6.16. The molecule has 0 aliphatic heterocycles. The van der Waals surface area contributed by atoms with Gasteiger partial charge in [0, 0.05) is 11.5 Å². The molecule has 0 fully saturated rings. The van der Waals surface area contributed by atoms with Crippen molar-refractivity contribution in [2.45, 2.75) is 39.9 Å². The van der Waals surface area contributed by atoms with Crippen LogP contribution < -0.4 is 4.74 Å². The molecule has 29 heavy (non-hydrogen) atoms. The van der Waals surface area contributed by atoms with Gasteiger partial charge in [0.05, 0.1) is 6.42 Å². The van der Waals surface area contributed by atoms with E-state index >= 15 is 0 Å². The number of carboxylic acid groups (broad SMARTS) is 1. The molecule has 0 amide bonds. The Morgan fingerprint density at radius 1 is 1.07 bits per heavy atom. The van der Waals surface area contributed by atoms with Crippen LogP contribution in [0.15, 0.2) is 54.6 Å². The first-order chi connectivity index (χ1) is 14.0. The molecule has 1 heterocycles. The van der Waals surface area contributed by atoms with Gasteiger partial charge in [-0.05, 0) is 66.8 Å². The molecule has 0 saturated carbocycles. The van der Waals surface area contributed by atoms with Crippen molar-refractivity contribution in [1.82, 2.24) is 0 Å². The van der Waals surface area contributed by atoms with Crippen molar-refractivity contribution in [2.75, 3.05) is 6.61 Å². The van der Waals surface area contributed by atoms with E-state index in [1.807, 2.05) is 19.1 Å². The Morgan fingerprint density at radius 3 is 2.48 bits per heavy atom. The molecule has 3 aromatic rings. The summed E-state index contributed by atoms with van der Waals surface area (Å²) < 4.78 is 11.5. The lowest BCUT2D eigenvalue weighted by molar-refractivity contribution is -0.140. The zero-order chi connectivity index (χ0) is 20.8. The molecule has 1 atom stereocenters. The number of hydrogen-bond donors (Lipinski definition) is 1. The first-order valence-electron chi connectivity index (χ1n) is 9.69. The molecule has 0 aliphatic rings. The van der Waals surface area contributed by atoms with Gasteiger partial charge in [-0.25, -0.2) is 0 Å². The Balaban J connectivity index is 1.71. The number of hydrogen-bond acceptors (Lipinski definition) is 4. The molecule has 2 aromatic carbocycles. The summed E-state index contributed by atoms with van der Waals surface area (Å²) in [6, 6.07) is 18.5. The highest BCUT2D eigenvalue weighted by Gasteiger charge is 2.18. The average molecular weight is 411 g/mol. The fourth-order valence-corrected chi connectivity index (χ4v) is 4.33. The van der Waals surface area contributed by atoms with Gasteiger partial charge in [0.15, 0.2) is 5.06 Å². The molecule has 0 aliphatic carbocycles. The molecule has 3 rings (SSSR count). The van der Waals surface area contributed by atoms with Crippen molar-refractivity contribution >= 4 is 17.3 Å². The van der Waals surface area contributed by atoms with Crippen molar-refractivity contribution in [2.24, 2.45) is 0 Å². The van der Waals surface area contributed by atoms with E-state index in [0.717, 1.165) is 15.5 Å². The van der Waals surface area contributed by atoms with E-state index in [2.05, 4.69) is 56.3 Å². The van der Waals surface area contributed by atoms with E-state index < -0.39 is 12.1 Å². The lowest BCUT2D eigenvalue weighted by Crippen LogP contribution is -2.08. The van der Waals surface area contributed by atoms with E-state index in [1.165, 1.54) is 33.6 Å². The van der Waals surface area contributed by atoms with E-state index in [9.17, 15) is 4.79 Å². The average Bonchev–Trinajstić information content (AvgIpc) is 3.15. The van der Waals surface area contributed by atoms with Gasteiger partial charge in [-0.3, -0.25) is 4.79 Å². The molecular formula is C24H26O4S. The molecule has 1 N–H and O–H groups in total. The summed E-state index contributed by atoms with van der Waals surface area (Å²) in [7, 11) is 0. The summed E-state index contributed by atoms with van der Waals surface area (Å²) in [6.45, 7) is 7.05. The van der Waals surface area contributed by atoms with Crippen molar-refractivity contribution in [1.29, 1.82) is 0 Å². The standard InChI is InChI=1S/C24H26O4S/c1-4-27-20(14-22(25)26)21-11-12-23(29-21)28-15-18-9-6-10-19(13-18)24-16(2)7-5-8-17(24)3/h5-13,20H,4,14-15H2,1-3H3,(H,25,26)/t20-/m1/s1. The third-order valence-electron chi connectivity index (χ3n) is 4.73. The maximum Gasteiger partial charge on any atom is 0.306 e. The first kappa shape index (κ1) is 21.1. The van der Waals surface area contributed by atoms with Gasteiger partial charge in [0.2, 0.25) is 0 Å². The van der Waals surface area contributed by atoms with E-state index in [1.54, 1.807) is 0 Å². The molecule has 1 aromatic heterocycles. The van der Waals surface area contributed by atoms with Crippen LogP contribution in [-0.2, 0) is 16.1 Å². The van der Waals surface area contributed by atoms with Crippen LogP contribution in [0, 0.1) is 13.8 Å². The number of carbonyl (C=O) groups is 1. The van der Waals surface area contributed by atoms with Crippen LogP contribution in [0.2, 0.25) is 0 Å². The number of aliphatic carboxylic acids is 1. The quantitative estimate of drug-likeness (QED) is 0.459. The molecule has 0 radical (unpaired) electrons. The van der Waals surface area contributed by atoms with Gasteiger partial charge in [0.25, 0.3) is 0 Å². The third kappa shape index (κ3) is 5.46. The van der Waals surface area contributed by atoms with Crippen LogP contribution in [0.4, 0.5) is 0 Å². The van der Waals surface area contributed by atoms with Crippen LogP contribution >= 0.6 is 11.3 Å². The van der Waals surface area contributed by atoms with Gasteiger partial charge >= 0.3 is 5.97 Å². The highest BCUT2D eigenvalue weighted by atomic mass is 32.1. The van der Waals surface area contributed by atoms with Crippen LogP contribution in [0.5, 0.6) is 5.06 Å². The largest absolute Gasteiger partial charge is 0.481 e. The number of rotatable bonds is 9. The zero-order valence-corrected chi connectivity index (χ0v) is 17.8. The van der Waals surface area contributed by atoms with Gasteiger partial charge in [-0.2, -0.15) is 0 Å². The second kappa shape index (κ2) is 9.72. The number of benzene rings is 2. The first-order valence-corrected chi connectivity index (χ1v) is 10.5. The Labute approximate surface area is 175 Å². The SMILES string of the molecule is CCO[C@H](CC(=O)O)c1ccc(OCc2cccc(-c3c(C)cccc3C)c2)s1.